The molecule has 0 saturated carbocycles. The molecule has 128 valence electrons. The van der Waals surface area contributed by atoms with E-state index in [4.69, 9.17) is 4.74 Å². The maximum Gasteiger partial charge on any atom is 0.412 e. The minimum absolute atomic E-state index is 0.0547. The Morgan fingerprint density at radius 2 is 1.56 bits per heavy atom. The van der Waals surface area contributed by atoms with Crippen molar-refractivity contribution >= 4 is 29.5 Å². The van der Waals surface area contributed by atoms with Gasteiger partial charge in [-0.05, 0) is 32.9 Å². The number of fused-ring (bicyclic) bond motifs is 1. The topological polar surface area (TPSA) is 101 Å². The molecule has 0 bridgehead atoms. The van der Waals surface area contributed by atoms with Gasteiger partial charge in [-0.25, -0.2) is 19.7 Å². The second-order valence-corrected chi connectivity index (χ2v) is 6.39. The van der Waals surface area contributed by atoms with Gasteiger partial charge in [0.05, 0.1) is 29.2 Å². The number of carbonyl (C=O) groups excluding carboxylic acids is 3. The summed E-state index contributed by atoms with van der Waals surface area (Å²) in [7, 11) is 0. The lowest BCUT2D eigenvalue weighted by Crippen LogP contribution is -2.31. The lowest BCUT2D eigenvalue weighted by Gasteiger charge is -2.19. The van der Waals surface area contributed by atoms with Gasteiger partial charge in [-0.3, -0.25) is 14.9 Å². The van der Waals surface area contributed by atoms with Crippen molar-refractivity contribution in [1.29, 1.82) is 0 Å². The minimum Gasteiger partial charge on any atom is -0.444 e. The Bertz CT molecular complexity index is 821. The Hall–Kier alpha value is -3.29. The molecule has 0 radical (unpaired) electrons. The SMILES string of the molecule is CC(C)(C)OC(=O)Nc1cnc(N2C(=O)c3ccccc3C2=O)nc1. The number of amides is 3. The van der Waals surface area contributed by atoms with Crippen LogP contribution in [0.1, 0.15) is 41.5 Å². The molecule has 2 heterocycles. The molecule has 0 aliphatic carbocycles. The van der Waals surface area contributed by atoms with E-state index in [9.17, 15) is 14.4 Å². The quantitative estimate of drug-likeness (QED) is 0.843. The molecule has 2 aromatic rings. The number of nitrogens with one attached hydrogen (secondary N) is 1. The van der Waals surface area contributed by atoms with Crippen molar-refractivity contribution in [2.24, 2.45) is 0 Å². The first-order valence-corrected chi connectivity index (χ1v) is 7.56. The molecular formula is C17H16N4O4. The van der Waals surface area contributed by atoms with Crippen molar-refractivity contribution in [2.75, 3.05) is 10.2 Å². The molecule has 0 saturated heterocycles. The van der Waals surface area contributed by atoms with Crippen molar-refractivity contribution in [2.45, 2.75) is 26.4 Å². The maximum atomic E-state index is 12.4. The number of rotatable bonds is 2. The number of anilines is 2. The van der Waals surface area contributed by atoms with Crippen LogP contribution in [-0.2, 0) is 4.74 Å². The first-order chi connectivity index (χ1) is 11.8. The van der Waals surface area contributed by atoms with Gasteiger partial charge in [-0.15, -0.1) is 0 Å². The summed E-state index contributed by atoms with van der Waals surface area (Å²) in [4.78, 5) is 45.3. The summed E-state index contributed by atoms with van der Waals surface area (Å²) in [5.41, 5.74) is 0.277. The molecule has 1 aliphatic heterocycles. The third-order valence-electron chi connectivity index (χ3n) is 3.28. The third-order valence-corrected chi connectivity index (χ3v) is 3.28. The van der Waals surface area contributed by atoms with Gasteiger partial charge in [0.2, 0.25) is 5.95 Å². The van der Waals surface area contributed by atoms with Crippen LogP contribution >= 0.6 is 0 Å². The second-order valence-electron chi connectivity index (χ2n) is 6.39. The zero-order valence-electron chi connectivity index (χ0n) is 13.9. The first kappa shape index (κ1) is 16.6. The molecule has 0 atom stereocenters. The van der Waals surface area contributed by atoms with E-state index < -0.39 is 23.5 Å². The molecule has 3 rings (SSSR count). The van der Waals surface area contributed by atoms with Gasteiger partial charge >= 0.3 is 6.09 Å². The number of hydrogen-bond donors (Lipinski definition) is 1. The number of imide groups is 1. The Labute approximate surface area is 143 Å². The third kappa shape index (κ3) is 3.32. The van der Waals surface area contributed by atoms with E-state index in [1.807, 2.05) is 0 Å². The highest BCUT2D eigenvalue weighted by atomic mass is 16.6. The monoisotopic (exact) mass is 340 g/mol. The fraction of sp³-hybridized carbons (Fsp3) is 0.235. The van der Waals surface area contributed by atoms with Crippen LogP contribution in [0.2, 0.25) is 0 Å². The fourth-order valence-electron chi connectivity index (χ4n) is 2.29. The smallest absolute Gasteiger partial charge is 0.412 e. The highest BCUT2D eigenvalue weighted by Crippen LogP contribution is 2.26. The normalized spacial score (nSPS) is 13.6. The minimum atomic E-state index is -0.649. The van der Waals surface area contributed by atoms with Crippen molar-refractivity contribution in [3.8, 4) is 0 Å². The predicted octanol–water partition coefficient (Wildman–Crippen LogP) is 2.62. The summed E-state index contributed by atoms with van der Waals surface area (Å²) in [5.74, 6) is -1.01. The summed E-state index contributed by atoms with van der Waals surface area (Å²) >= 11 is 0. The van der Waals surface area contributed by atoms with E-state index in [0.717, 1.165) is 4.90 Å². The van der Waals surface area contributed by atoms with Crippen LogP contribution in [0, 0.1) is 0 Å². The molecule has 8 nitrogen and oxygen atoms in total. The van der Waals surface area contributed by atoms with Crippen LogP contribution in [0.15, 0.2) is 36.7 Å². The standard InChI is InChI=1S/C17H16N4O4/c1-17(2,3)25-16(24)20-10-8-18-15(19-9-10)21-13(22)11-6-4-5-7-12(11)14(21)23/h4-9H,1-3H3,(H,20,24). The summed E-state index contributed by atoms with van der Waals surface area (Å²) in [6.07, 6.45) is 1.95. The highest BCUT2D eigenvalue weighted by Gasteiger charge is 2.37. The van der Waals surface area contributed by atoms with Crippen LogP contribution in [0.4, 0.5) is 16.4 Å². The largest absolute Gasteiger partial charge is 0.444 e. The molecule has 25 heavy (non-hydrogen) atoms. The molecule has 0 fully saturated rings. The van der Waals surface area contributed by atoms with E-state index in [2.05, 4.69) is 15.3 Å². The first-order valence-electron chi connectivity index (χ1n) is 7.56. The van der Waals surface area contributed by atoms with Crippen molar-refractivity contribution in [3.63, 3.8) is 0 Å². The Morgan fingerprint density at radius 1 is 1.04 bits per heavy atom. The predicted molar refractivity (Wildman–Crippen MR) is 89.5 cm³/mol. The van der Waals surface area contributed by atoms with Gasteiger partial charge < -0.3 is 4.74 Å². The summed E-state index contributed by atoms with van der Waals surface area (Å²) in [6.45, 7) is 5.23. The Morgan fingerprint density at radius 3 is 2.04 bits per heavy atom. The average molecular weight is 340 g/mol. The summed E-state index contributed by atoms with van der Waals surface area (Å²) < 4.78 is 5.12. The van der Waals surface area contributed by atoms with Gasteiger partial charge in [0.15, 0.2) is 0 Å². The average Bonchev–Trinajstić information content (AvgIpc) is 2.79. The lowest BCUT2D eigenvalue weighted by molar-refractivity contribution is 0.0635. The van der Waals surface area contributed by atoms with Crippen molar-refractivity contribution in [3.05, 3.63) is 47.8 Å². The maximum absolute atomic E-state index is 12.4. The summed E-state index contributed by atoms with van der Waals surface area (Å²) in [6, 6.07) is 6.52. The van der Waals surface area contributed by atoms with Gasteiger partial charge in [0, 0.05) is 0 Å². The van der Waals surface area contributed by atoms with Crippen LogP contribution in [-0.4, -0.2) is 33.5 Å². The summed E-state index contributed by atoms with van der Waals surface area (Å²) in [5, 5.41) is 2.48. The molecule has 0 spiro atoms. The molecule has 0 unspecified atom stereocenters. The Balaban J connectivity index is 1.77. The van der Waals surface area contributed by atoms with Crippen molar-refractivity contribution < 1.29 is 19.1 Å². The van der Waals surface area contributed by atoms with E-state index in [1.54, 1.807) is 45.0 Å². The lowest BCUT2D eigenvalue weighted by atomic mass is 10.1. The second kappa shape index (κ2) is 5.97. The van der Waals surface area contributed by atoms with Crippen LogP contribution in [0.3, 0.4) is 0 Å². The van der Waals surface area contributed by atoms with E-state index in [0.29, 0.717) is 11.1 Å². The molecule has 1 aromatic carbocycles. The zero-order chi connectivity index (χ0) is 18.2. The number of benzene rings is 1. The van der Waals surface area contributed by atoms with E-state index >= 15 is 0 Å². The van der Waals surface area contributed by atoms with Crippen LogP contribution in [0.25, 0.3) is 0 Å². The van der Waals surface area contributed by atoms with E-state index in [-0.39, 0.29) is 11.6 Å². The van der Waals surface area contributed by atoms with Crippen LogP contribution < -0.4 is 10.2 Å². The molecule has 8 heteroatoms. The molecule has 1 aliphatic rings. The molecule has 1 N–H and O–H groups in total. The number of hydrogen-bond acceptors (Lipinski definition) is 6. The van der Waals surface area contributed by atoms with Crippen molar-refractivity contribution in [1.82, 2.24) is 9.97 Å². The van der Waals surface area contributed by atoms with Gasteiger partial charge in [-0.1, -0.05) is 12.1 Å². The van der Waals surface area contributed by atoms with E-state index in [1.165, 1.54) is 12.4 Å². The van der Waals surface area contributed by atoms with Gasteiger partial charge in [-0.2, -0.15) is 0 Å². The zero-order valence-corrected chi connectivity index (χ0v) is 13.9. The number of aromatic nitrogens is 2. The Kier molecular flexibility index (Phi) is 3.96. The van der Waals surface area contributed by atoms with Gasteiger partial charge in [0.25, 0.3) is 11.8 Å². The molecular weight excluding hydrogens is 324 g/mol. The molecule has 3 amide bonds. The fourth-order valence-corrected chi connectivity index (χ4v) is 2.29. The number of nitrogens with zero attached hydrogens (tertiary/aromatic N) is 3. The van der Waals surface area contributed by atoms with Gasteiger partial charge in [0.1, 0.15) is 5.60 Å². The molecule has 1 aromatic heterocycles. The number of carbonyl (C=O) groups is 3. The van der Waals surface area contributed by atoms with Crippen LogP contribution in [0.5, 0.6) is 0 Å². The number of ether oxygens (including phenoxy) is 1. The highest BCUT2D eigenvalue weighted by molar-refractivity contribution is 6.33.